The molecule has 1 aliphatic heterocycles. The van der Waals surface area contributed by atoms with Crippen LogP contribution in [0.4, 0.5) is 4.39 Å². The summed E-state index contributed by atoms with van der Waals surface area (Å²) in [7, 11) is -3.91. The van der Waals surface area contributed by atoms with Gasteiger partial charge in [0.1, 0.15) is 11.6 Å². The van der Waals surface area contributed by atoms with E-state index in [9.17, 15) is 22.4 Å². The van der Waals surface area contributed by atoms with Crippen molar-refractivity contribution in [2.24, 2.45) is 0 Å². The van der Waals surface area contributed by atoms with Crippen LogP contribution in [0.1, 0.15) is 30.5 Å². The Hall–Kier alpha value is -3.47. The third kappa shape index (κ3) is 8.76. The van der Waals surface area contributed by atoms with Crippen molar-refractivity contribution in [3.8, 4) is 5.75 Å². The highest BCUT2D eigenvalue weighted by atomic mass is 35.5. The van der Waals surface area contributed by atoms with Crippen LogP contribution in [0, 0.1) is 5.82 Å². The molecule has 0 bridgehead atoms. The number of piperazine rings is 1. The summed E-state index contributed by atoms with van der Waals surface area (Å²) < 4.78 is 46.1. The second-order valence-corrected chi connectivity index (χ2v) is 12.4. The maximum atomic E-state index is 13.3. The average molecular weight is 602 g/mol. The Balaban J connectivity index is 1.34. The zero-order valence-electron chi connectivity index (χ0n) is 22.9. The highest BCUT2D eigenvalue weighted by Gasteiger charge is 2.32. The van der Waals surface area contributed by atoms with Crippen molar-refractivity contribution in [1.29, 1.82) is 0 Å². The van der Waals surface area contributed by atoms with E-state index in [-0.39, 0.29) is 48.3 Å². The van der Waals surface area contributed by atoms with Crippen LogP contribution in [0.2, 0.25) is 5.02 Å². The zero-order valence-corrected chi connectivity index (χ0v) is 24.5. The maximum absolute atomic E-state index is 13.3. The molecular weight excluding hydrogens is 569 g/mol. The van der Waals surface area contributed by atoms with Crippen LogP contribution >= 0.6 is 11.6 Å². The number of halogens is 2. The molecule has 0 saturated carbocycles. The van der Waals surface area contributed by atoms with Crippen LogP contribution in [0.25, 0.3) is 0 Å². The van der Waals surface area contributed by atoms with Gasteiger partial charge in [-0.1, -0.05) is 54.1 Å². The predicted molar refractivity (Wildman–Crippen MR) is 155 cm³/mol. The number of benzene rings is 3. The van der Waals surface area contributed by atoms with E-state index >= 15 is 0 Å². The van der Waals surface area contributed by atoms with Gasteiger partial charge in [-0.05, 0) is 55.3 Å². The minimum atomic E-state index is -3.91. The van der Waals surface area contributed by atoms with Gasteiger partial charge >= 0.3 is 0 Å². The fourth-order valence-electron chi connectivity index (χ4n) is 4.85. The molecule has 1 fully saturated rings. The monoisotopic (exact) mass is 601 g/mol. The van der Waals surface area contributed by atoms with Crippen LogP contribution in [-0.4, -0.2) is 61.8 Å². The highest BCUT2D eigenvalue weighted by Crippen LogP contribution is 2.25. The molecule has 2 amide bonds. The third-order valence-electron chi connectivity index (χ3n) is 6.93. The summed E-state index contributed by atoms with van der Waals surface area (Å²) in [5.74, 6) is -1.28. The van der Waals surface area contributed by atoms with Crippen molar-refractivity contribution >= 4 is 33.4 Å². The normalized spacial score (nSPS) is 17.7. The summed E-state index contributed by atoms with van der Waals surface area (Å²) in [4.78, 5) is 29.8. The molecule has 0 radical (unpaired) electrons. The molecular formula is C30H33ClFN3O5S. The van der Waals surface area contributed by atoms with Gasteiger partial charge in [-0.2, -0.15) is 0 Å². The van der Waals surface area contributed by atoms with Gasteiger partial charge < -0.3 is 9.64 Å². The highest BCUT2D eigenvalue weighted by molar-refractivity contribution is 7.89. The van der Waals surface area contributed by atoms with Crippen LogP contribution in [-0.2, 0) is 38.3 Å². The summed E-state index contributed by atoms with van der Waals surface area (Å²) >= 11 is 6.14. The molecule has 1 saturated heterocycles. The number of amides is 2. The first-order valence-corrected chi connectivity index (χ1v) is 15.3. The molecule has 3 aromatic rings. The van der Waals surface area contributed by atoms with Gasteiger partial charge in [-0.25, -0.2) is 12.8 Å². The van der Waals surface area contributed by atoms with E-state index < -0.39 is 15.9 Å². The van der Waals surface area contributed by atoms with Crippen LogP contribution in [0.5, 0.6) is 5.75 Å². The van der Waals surface area contributed by atoms with Crippen molar-refractivity contribution in [2.45, 2.75) is 44.6 Å². The summed E-state index contributed by atoms with van der Waals surface area (Å²) in [5.41, 5.74) is 1.92. The van der Waals surface area contributed by atoms with E-state index in [2.05, 4.69) is 9.62 Å². The van der Waals surface area contributed by atoms with Crippen molar-refractivity contribution in [3.05, 3.63) is 100 Å². The number of nitrogens with one attached hydrogen (secondary N) is 1. The molecule has 3 aromatic carbocycles. The second-order valence-electron chi connectivity index (χ2n) is 10.3. The molecule has 0 aromatic heterocycles. The van der Waals surface area contributed by atoms with Gasteiger partial charge in [0.25, 0.3) is 5.91 Å². The largest absolute Gasteiger partial charge is 0.483 e. The standard InChI is InChI=1S/C30H33ClFN3O5S/c1-21-17-35(22(2)16-34(21)18-23-8-11-27(32)12-9-23)30(37)19-40-28-13-10-26(31)14-25(28)15-29(36)33-41(38,39)20-24-6-4-3-5-7-24/h3-14,21-22H,15-20H2,1-2H3,(H,33,36)/t21-,22+/m0/s1. The van der Waals surface area contributed by atoms with E-state index in [1.807, 2.05) is 13.8 Å². The first kappa shape index (κ1) is 30.5. The first-order valence-electron chi connectivity index (χ1n) is 13.3. The zero-order chi connectivity index (χ0) is 29.6. The second kappa shape index (κ2) is 13.5. The van der Waals surface area contributed by atoms with Gasteiger partial charge in [0, 0.05) is 42.3 Å². The number of carbonyl (C=O) groups excluding carboxylic acids is 2. The van der Waals surface area contributed by atoms with Crippen LogP contribution in [0.3, 0.4) is 0 Å². The minimum Gasteiger partial charge on any atom is -0.483 e. The molecule has 0 aliphatic carbocycles. The van der Waals surface area contributed by atoms with Crippen molar-refractivity contribution < 1.29 is 27.1 Å². The Morgan fingerprint density at radius 1 is 0.976 bits per heavy atom. The van der Waals surface area contributed by atoms with E-state index in [0.717, 1.165) is 5.56 Å². The smallest absolute Gasteiger partial charge is 0.260 e. The quantitative estimate of drug-likeness (QED) is 0.375. The van der Waals surface area contributed by atoms with Gasteiger partial charge in [-0.15, -0.1) is 0 Å². The molecule has 8 nitrogen and oxygen atoms in total. The molecule has 0 unspecified atom stereocenters. The molecule has 11 heteroatoms. The number of nitrogens with zero attached hydrogens (tertiary/aromatic N) is 2. The number of hydrogen-bond donors (Lipinski definition) is 1. The summed E-state index contributed by atoms with van der Waals surface area (Å²) in [6.45, 7) is 5.56. The number of hydrogen-bond acceptors (Lipinski definition) is 6. The Kier molecular flexibility index (Phi) is 10.0. The van der Waals surface area contributed by atoms with Crippen molar-refractivity contribution in [2.75, 3.05) is 19.7 Å². The van der Waals surface area contributed by atoms with Gasteiger partial charge in [0.15, 0.2) is 6.61 Å². The summed E-state index contributed by atoms with van der Waals surface area (Å²) in [6, 6.07) is 19.6. The topological polar surface area (TPSA) is 96.0 Å². The van der Waals surface area contributed by atoms with Gasteiger partial charge in [0.2, 0.25) is 15.9 Å². The van der Waals surface area contributed by atoms with E-state index in [1.165, 1.54) is 18.2 Å². The Morgan fingerprint density at radius 2 is 1.68 bits per heavy atom. The van der Waals surface area contributed by atoms with Gasteiger partial charge in [-0.3, -0.25) is 19.2 Å². The Bertz CT molecular complexity index is 1470. The van der Waals surface area contributed by atoms with Gasteiger partial charge in [0.05, 0.1) is 12.2 Å². The third-order valence-corrected chi connectivity index (χ3v) is 8.42. The predicted octanol–water partition coefficient (Wildman–Crippen LogP) is 4.17. The lowest BCUT2D eigenvalue weighted by Gasteiger charge is -2.44. The molecule has 2 atom stereocenters. The van der Waals surface area contributed by atoms with E-state index in [0.29, 0.717) is 35.8 Å². The Labute approximate surface area is 245 Å². The van der Waals surface area contributed by atoms with Crippen molar-refractivity contribution in [1.82, 2.24) is 14.5 Å². The van der Waals surface area contributed by atoms with E-state index in [1.54, 1.807) is 59.5 Å². The first-order chi connectivity index (χ1) is 19.5. The molecule has 218 valence electrons. The average Bonchev–Trinajstić information content (AvgIpc) is 2.91. The molecule has 1 heterocycles. The lowest BCUT2D eigenvalue weighted by molar-refractivity contribution is -0.139. The number of sulfonamides is 1. The number of carbonyl (C=O) groups is 2. The Morgan fingerprint density at radius 3 is 2.39 bits per heavy atom. The lowest BCUT2D eigenvalue weighted by atomic mass is 10.1. The van der Waals surface area contributed by atoms with Crippen LogP contribution in [0.15, 0.2) is 72.8 Å². The number of ether oxygens (including phenoxy) is 1. The van der Waals surface area contributed by atoms with Crippen molar-refractivity contribution in [3.63, 3.8) is 0 Å². The molecule has 1 N–H and O–H groups in total. The minimum absolute atomic E-state index is 0.0759. The number of rotatable bonds is 10. The summed E-state index contributed by atoms with van der Waals surface area (Å²) in [6.07, 6.45) is -0.298. The molecule has 4 rings (SSSR count). The SMILES string of the molecule is C[C@@H]1CN(Cc2ccc(F)cc2)[C@@H](C)CN1C(=O)COc1ccc(Cl)cc1CC(=O)NS(=O)(=O)Cc1ccccc1. The maximum Gasteiger partial charge on any atom is 0.260 e. The molecule has 1 aliphatic rings. The summed E-state index contributed by atoms with van der Waals surface area (Å²) in [5, 5.41) is 0.346. The lowest BCUT2D eigenvalue weighted by Crippen LogP contribution is -2.58. The molecule has 41 heavy (non-hydrogen) atoms. The molecule has 0 spiro atoms. The fourth-order valence-corrected chi connectivity index (χ4v) is 6.17. The van der Waals surface area contributed by atoms with E-state index in [4.69, 9.17) is 16.3 Å². The fraction of sp³-hybridized carbons (Fsp3) is 0.333. The van der Waals surface area contributed by atoms with Crippen LogP contribution < -0.4 is 9.46 Å².